The molecule has 5 heteroatoms. The third-order valence-corrected chi connectivity index (χ3v) is 8.37. The number of fused-ring (bicyclic) bond motifs is 1. The molecule has 0 saturated carbocycles. The summed E-state index contributed by atoms with van der Waals surface area (Å²) in [7, 11) is 0. The van der Waals surface area contributed by atoms with Crippen molar-refractivity contribution in [3.63, 3.8) is 0 Å². The molecular weight excluding hydrogens is 547 g/mol. The second-order valence-corrected chi connectivity index (χ2v) is 11.1. The van der Waals surface area contributed by atoms with Crippen LogP contribution in [0.15, 0.2) is 145 Å². The van der Waals surface area contributed by atoms with Gasteiger partial charge in [-0.25, -0.2) is 0 Å². The fourth-order valence-corrected chi connectivity index (χ4v) is 6.01. The zero-order valence-electron chi connectivity index (χ0n) is 22.5. The van der Waals surface area contributed by atoms with Gasteiger partial charge in [0.2, 0.25) is 0 Å². The number of halogens is 3. The summed E-state index contributed by atoms with van der Waals surface area (Å²) in [6.07, 6.45) is -4.34. The van der Waals surface area contributed by atoms with E-state index >= 15 is 0 Å². The molecule has 0 atom stereocenters. The van der Waals surface area contributed by atoms with Gasteiger partial charge in [0.05, 0.1) is 5.56 Å². The smallest absolute Gasteiger partial charge is 0.398 e. The summed E-state index contributed by atoms with van der Waals surface area (Å²) in [4.78, 5) is 1.91. The van der Waals surface area contributed by atoms with Gasteiger partial charge in [-0.15, -0.1) is 0 Å². The largest absolute Gasteiger partial charge is 0.416 e. The highest BCUT2D eigenvalue weighted by Crippen LogP contribution is 2.41. The molecule has 0 aromatic heterocycles. The molecule has 206 valence electrons. The standard InChI is InChI=1S/C37H26F3NS/c1-24(42-36-12-5-4-11-35(36)41)31-21-22-32(34-10-3-2-9-33(31)34)29-8-6-7-28(23-29)27-15-13-25(14-16-27)26-17-19-30(20-18-26)37(38,39)40/h2-23H,1,41H2. The van der Waals surface area contributed by atoms with Crippen LogP contribution in [0.3, 0.4) is 0 Å². The molecule has 2 N–H and O–H groups in total. The number of nitrogens with two attached hydrogens (primary N) is 1. The Kier molecular flexibility index (Phi) is 7.36. The van der Waals surface area contributed by atoms with Crippen molar-refractivity contribution in [2.45, 2.75) is 11.1 Å². The molecular formula is C37H26F3NS. The van der Waals surface area contributed by atoms with Crippen molar-refractivity contribution in [2.75, 3.05) is 5.73 Å². The average molecular weight is 574 g/mol. The Morgan fingerprint density at radius 1 is 0.571 bits per heavy atom. The van der Waals surface area contributed by atoms with Crippen LogP contribution < -0.4 is 5.73 Å². The van der Waals surface area contributed by atoms with E-state index in [1.165, 1.54) is 12.1 Å². The summed E-state index contributed by atoms with van der Waals surface area (Å²) in [6, 6.07) is 41.9. The molecule has 0 amide bonds. The van der Waals surface area contributed by atoms with Crippen molar-refractivity contribution in [1.82, 2.24) is 0 Å². The number of alkyl halides is 3. The summed E-state index contributed by atoms with van der Waals surface area (Å²) in [5, 5.41) is 2.25. The molecule has 0 aliphatic carbocycles. The van der Waals surface area contributed by atoms with Crippen molar-refractivity contribution in [1.29, 1.82) is 0 Å². The molecule has 0 saturated heterocycles. The Morgan fingerprint density at radius 3 is 1.81 bits per heavy atom. The summed E-state index contributed by atoms with van der Waals surface area (Å²) < 4.78 is 38.8. The number of rotatable bonds is 6. The summed E-state index contributed by atoms with van der Waals surface area (Å²) >= 11 is 1.57. The minimum absolute atomic E-state index is 0.649. The molecule has 42 heavy (non-hydrogen) atoms. The first-order valence-electron chi connectivity index (χ1n) is 13.4. The number of nitrogen functional groups attached to an aromatic ring is 1. The molecule has 0 aliphatic rings. The maximum atomic E-state index is 12.9. The van der Waals surface area contributed by atoms with E-state index in [2.05, 4.69) is 49.0 Å². The topological polar surface area (TPSA) is 26.0 Å². The lowest BCUT2D eigenvalue weighted by Crippen LogP contribution is -2.03. The molecule has 6 aromatic rings. The fourth-order valence-electron chi connectivity index (χ4n) is 5.13. The fraction of sp³-hybridized carbons (Fsp3) is 0.0270. The van der Waals surface area contributed by atoms with Crippen LogP contribution in [0.25, 0.3) is 49.1 Å². The molecule has 0 bridgehead atoms. The van der Waals surface area contributed by atoms with Crippen LogP contribution >= 0.6 is 11.8 Å². The highest BCUT2D eigenvalue weighted by Gasteiger charge is 2.30. The number of hydrogen-bond acceptors (Lipinski definition) is 2. The van der Waals surface area contributed by atoms with Crippen molar-refractivity contribution < 1.29 is 13.2 Å². The van der Waals surface area contributed by atoms with Gasteiger partial charge in [-0.05, 0) is 80.0 Å². The van der Waals surface area contributed by atoms with Gasteiger partial charge >= 0.3 is 6.18 Å². The maximum absolute atomic E-state index is 12.9. The molecule has 1 nitrogen and oxygen atoms in total. The molecule has 0 radical (unpaired) electrons. The van der Waals surface area contributed by atoms with Crippen LogP contribution in [-0.4, -0.2) is 0 Å². The van der Waals surface area contributed by atoms with Crippen LogP contribution in [0.2, 0.25) is 0 Å². The molecule has 0 aliphatic heterocycles. The normalized spacial score (nSPS) is 11.5. The van der Waals surface area contributed by atoms with E-state index < -0.39 is 11.7 Å². The second-order valence-electron chi connectivity index (χ2n) is 10.0. The molecule has 6 aromatic carbocycles. The van der Waals surface area contributed by atoms with Gasteiger partial charge in [-0.1, -0.05) is 121 Å². The Hall–Kier alpha value is -4.74. The molecule has 0 unspecified atom stereocenters. The average Bonchev–Trinajstić information content (AvgIpc) is 3.01. The van der Waals surface area contributed by atoms with E-state index in [-0.39, 0.29) is 0 Å². The van der Waals surface area contributed by atoms with Crippen LogP contribution in [0.5, 0.6) is 0 Å². The van der Waals surface area contributed by atoms with E-state index in [0.29, 0.717) is 0 Å². The zero-order valence-corrected chi connectivity index (χ0v) is 23.3. The van der Waals surface area contributed by atoms with Crippen molar-refractivity contribution in [2.24, 2.45) is 0 Å². The van der Waals surface area contributed by atoms with Gasteiger partial charge in [-0.2, -0.15) is 13.2 Å². The molecule has 0 heterocycles. The Labute approximate surface area is 247 Å². The van der Waals surface area contributed by atoms with Gasteiger partial charge in [0.1, 0.15) is 0 Å². The third kappa shape index (κ3) is 5.56. The van der Waals surface area contributed by atoms with E-state index in [0.717, 1.165) is 77.3 Å². The van der Waals surface area contributed by atoms with Crippen molar-refractivity contribution >= 4 is 33.1 Å². The summed E-state index contributed by atoms with van der Waals surface area (Å²) in [6.45, 7) is 4.37. The lowest BCUT2D eigenvalue weighted by atomic mass is 9.92. The van der Waals surface area contributed by atoms with Crippen molar-refractivity contribution in [3.05, 3.63) is 151 Å². The van der Waals surface area contributed by atoms with Gasteiger partial charge < -0.3 is 5.73 Å². The zero-order chi connectivity index (χ0) is 29.3. The van der Waals surface area contributed by atoms with Gasteiger partial charge in [-0.3, -0.25) is 0 Å². The first-order valence-corrected chi connectivity index (χ1v) is 14.2. The van der Waals surface area contributed by atoms with E-state index in [4.69, 9.17) is 5.73 Å². The van der Waals surface area contributed by atoms with E-state index in [9.17, 15) is 13.2 Å². The summed E-state index contributed by atoms with van der Waals surface area (Å²) in [5.74, 6) is 0. The van der Waals surface area contributed by atoms with Gasteiger partial charge in [0.25, 0.3) is 0 Å². The first-order chi connectivity index (χ1) is 20.3. The number of para-hydroxylation sites is 1. The SMILES string of the molecule is C=C(Sc1ccccc1N)c1ccc(-c2cccc(-c3ccc(-c4ccc(C(F)(F)F)cc4)cc3)c2)c2ccccc12. The van der Waals surface area contributed by atoms with E-state index in [1.54, 1.807) is 11.8 Å². The van der Waals surface area contributed by atoms with E-state index in [1.807, 2.05) is 66.7 Å². The highest BCUT2D eigenvalue weighted by atomic mass is 32.2. The molecule has 6 rings (SSSR count). The molecule has 0 spiro atoms. The number of hydrogen-bond donors (Lipinski definition) is 1. The van der Waals surface area contributed by atoms with Crippen LogP contribution in [0, 0.1) is 0 Å². The van der Waals surface area contributed by atoms with Crippen LogP contribution in [0.4, 0.5) is 18.9 Å². The molecule has 0 fully saturated rings. The summed E-state index contributed by atoms with van der Waals surface area (Å²) in [5.41, 5.74) is 13.2. The maximum Gasteiger partial charge on any atom is 0.416 e. The van der Waals surface area contributed by atoms with Crippen molar-refractivity contribution in [3.8, 4) is 33.4 Å². The van der Waals surface area contributed by atoms with Crippen LogP contribution in [0.1, 0.15) is 11.1 Å². The Morgan fingerprint density at radius 2 is 1.14 bits per heavy atom. The first kappa shape index (κ1) is 27.4. The van der Waals surface area contributed by atoms with Gasteiger partial charge in [0, 0.05) is 15.5 Å². The van der Waals surface area contributed by atoms with Gasteiger partial charge in [0.15, 0.2) is 0 Å². The number of benzene rings is 6. The number of thioether (sulfide) groups is 1. The monoisotopic (exact) mass is 573 g/mol. The highest BCUT2D eigenvalue weighted by molar-refractivity contribution is 8.08. The third-order valence-electron chi connectivity index (χ3n) is 7.31. The second kappa shape index (κ2) is 11.3. The Bertz CT molecular complexity index is 1910. The quantitative estimate of drug-likeness (QED) is 0.158. The minimum Gasteiger partial charge on any atom is -0.398 e. The lowest BCUT2D eigenvalue weighted by Gasteiger charge is -2.15. The predicted molar refractivity (Wildman–Crippen MR) is 171 cm³/mol. The lowest BCUT2D eigenvalue weighted by molar-refractivity contribution is -0.137. The predicted octanol–water partition coefficient (Wildman–Crippen LogP) is 11.2. The Balaban J connectivity index is 1.30. The minimum atomic E-state index is -4.34. The van der Waals surface area contributed by atoms with Crippen LogP contribution in [-0.2, 0) is 6.18 Å². The number of anilines is 1.